The number of hydrogen-bond donors (Lipinski definition) is 1. The highest BCUT2D eigenvalue weighted by atomic mass is 32.1. The summed E-state index contributed by atoms with van der Waals surface area (Å²) in [7, 11) is 0. The molecule has 4 nitrogen and oxygen atoms in total. The lowest BCUT2D eigenvalue weighted by molar-refractivity contribution is -0.127. The number of thiophene rings is 1. The summed E-state index contributed by atoms with van der Waals surface area (Å²) in [5, 5.41) is 2.81. The first-order valence-corrected chi connectivity index (χ1v) is 7.02. The van der Waals surface area contributed by atoms with E-state index in [1.54, 1.807) is 16.2 Å². The van der Waals surface area contributed by atoms with Gasteiger partial charge in [-0.2, -0.15) is 0 Å². The first-order chi connectivity index (χ1) is 8.54. The summed E-state index contributed by atoms with van der Waals surface area (Å²) in [6, 6.07) is 1.59. The molecule has 2 amide bonds. The van der Waals surface area contributed by atoms with E-state index in [1.165, 1.54) is 0 Å². The molecule has 1 atom stereocenters. The molecule has 1 saturated heterocycles. The molecule has 0 bridgehead atoms. The second-order valence-corrected chi connectivity index (χ2v) is 6.00. The maximum absolute atomic E-state index is 12.5. The van der Waals surface area contributed by atoms with E-state index in [0.717, 1.165) is 15.3 Å². The SMILES string of the molecule is CCC1C(=O)NCCN1C(=O)c1cc(C)sc1C. The molecule has 18 heavy (non-hydrogen) atoms. The summed E-state index contributed by atoms with van der Waals surface area (Å²) in [5.41, 5.74) is 0.741. The molecule has 1 aromatic heterocycles. The first-order valence-electron chi connectivity index (χ1n) is 6.20. The molecule has 0 aromatic carbocycles. The van der Waals surface area contributed by atoms with Crippen LogP contribution < -0.4 is 5.32 Å². The molecule has 0 aliphatic carbocycles. The van der Waals surface area contributed by atoms with Crippen molar-refractivity contribution in [1.82, 2.24) is 10.2 Å². The lowest BCUT2D eigenvalue weighted by Crippen LogP contribution is -2.56. The Hall–Kier alpha value is -1.36. The number of nitrogens with zero attached hydrogens (tertiary/aromatic N) is 1. The number of rotatable bonds is 2. The van der Waals surface area contributed by atoms with E-state index in [1.807, 2.05) is 26.8 Å². The van der Waals surface area contributed by atoms with Crippen LogP contribution in [0.25, 0.3) is 0 Å². The highest BCUT2D eigenvalue weighted by Crippen LogP contribution is 2.23. The van der Waals surface area contributed by atoms with Gasteiger partial charge in [-0.15, -0.1) is 11.3 Å². The van der Waals surface area contributed by atoms with E-state index in [2.05, 4.69) is 5.32 Å². The standard InChI is InChI=1S/C13H18N2O2S/c1-4-11-12(16)14-5-6-15(11)13(17)10-7-8(2)18-9(10)3/h7,11H,4-6H2,1-3H3,(H,14,16). The largest absolute Gasteiger partial charge is 0.353 e. The molecule has 2 heterocycles. The van der Waals surface area contributed by atoms with Crippen molar-refractivity contribution in [3.63, 3.8) is 0 Å². The summed E-state index contributed by atoms with van der Waals surface area (Å²) < 4.78 is 0. The zero-order valence-corrected chi connectivity index (χ0v) is 11.8. The molecule has 98 valence electrons. The molecule has 0 radical (unpaired) electrons. The van der Waals surface area contributed by atoms with Gasteiger partial charge in [0.1, 0.15) is 6.04 Å². The average molecular weight is 266 g/mol. The van der Waals surface area contributed by atoms with E-state index in [-0.39, 0.29) is 17.9 Å². The lowest BCUT2D eigenvalue weighted by Gasteiger charge is -2.34. The van der Waals surface area contributed by atoms with Crippen LogP contribution in [0.5, 0.6) is 0 Å². The topological polar surface area (TPSA) is 49.4 Å². The van der Waals surface area contributed by atoms with E-state index in [0.29, 0.717) is 19.5 Å². The number of nitrogens with one attached hydrogen (secondary N) is 1. The third-order valence-corrected chi connectivity index (χ3v) is 4.22. The van der Waals surface area contributed by atoms with Gasteiger partial charge in [0.15, 0.2) is 0 Å². The fourth-order valence-electron chi connectivity index (χ4n) is 2.36. The predicted octanol–water partition coefficient (Wildman–Crippen LogP) is 1.72. The smallest absolute Gasteiger partial charge is 0.255 e. The van der Waals surface area contributed by atoms with Gasteiger partial charge in [0, 0.05) is 22.8 Å². The van der Waals surface area contributed by atoms with Crippen molar-refractivity contribution >= 4 is 23.2 Å². The molecule has 1 aliphatic rings. The van der Waals surface area contributed by atoms with E-state index in [4.69, 9.17) is 0 Å². The summed E-state index contributed by atoms with van der Waals surface area (Å²) in [6.07, 6.45) is 0.653. The molecule has 5 heteroatoms. The maximum atomic E-state index is 12.5. The van der Waals surface area contributed by atoms with Gasteiger partial charge >= 0.3 is 0 Å². The van der Waals surface area contributed by atoms with Crippen molar-refractivity contribution in [3.8, 4) is 0 Å². The number of carbonyl (C=O) groups is 2. The molecular formula is C13H18N2O2S. The molecule has 1 aromatic rings. The van der Waals surface area contributed by atoms with Crippen LogP contribution in [-0.4, -0.2) is 35.8 Å². The van der Waals surface area contributed by atoms with Crippen molar-refractivity contribution in [2.24, 2.45) is 0 Å². The number of piperazine rings is 1. The highest BCUT2D eigenvalue weighted by Gasteiger charge is 2.32. The van der Waals surface area contributed by atoms with Gasteiger partial charge < -0.3 is 10.2 Å². The van der Waals surface area contributed by atoms with Gasteiger partial charge in [-0.05, 0) is 26.3 Å². The minimum absolute atomic E-state index is 0.0152. The first kappa shape index (κ1) is 13.1. The van der Waals surface area contributed by atoms with Crippen LogP contribution in [0, 0.1) is 13.8 Å². The zero-order valence-electron chi connectivity index (χ0n) is 10.9. The van der Waals surface area contributed by atoms with Crippen LogP contribution in [-0.2, 0) is 4.79 Å². The Morgan fingerprint density at radius 1 is 1.56 bits per heavy atom. The molecule has 0 saturated carbocycles. The number of amides is 2. The van der Waals surface area contributed by atoms with E-state index >= 15 is 0 Å². The van der Waals surface area contributed by atoms with Gasteiger partial charge in [0.05, 0.1) is 5.56 Å². The number of hydrogen-bond acceptors (Lipinski definition) is 3. The molecule has 0 spiro atoms. The van der Waals surface area contributed by atoms with Gasteiger partial charge in [-0.1, -0.05) is 6.92 Å². The average Bonchev–Trinajstić information content (AvgIpc) is 2.67. The summed E-state index contributed by atoms with van der Waals surface area (Å²) >= 11 is 1.62. The number of aryl methyl sites for hydroxylation is 2. The quantitative estimate of drug-likeness (QED) is 0.886. The maximum Gasteiger partial charge on any atom is 0.255 e. The van der Waals surface area contributed by atoms with Crippen LogP contribution in [0.1, 0.15) is 33.5 Å². The van der Waals surface area contributed by atoms with E-state index in [9.17, 15) is 9.59 Å². The molecule has 1 aliphatic heterocycles. The van der Waals surface area contributed by atoms with Gasteiger partial charge in [-0.3, -0.25) is 9.59 Å². The second-order valence-electron chi connectivity index (χ2n) is 4.54. The Morgan fingerprint density at radius 3 is 2.83 bits per heavy atom. The molecule has 1 unspecified atom stereocenters. The lowest BCUT2D eigenvalue weighted by atomic mass is 10.1. The predicted molar refractivity (Wildman–Crippen MR) is 71.9 cm³/mol. The third-order valence-electron chi connectivity index (χ3n) is 3.25. The fraction of sp³-hybridized carbons (Fsp3) is 0.538. The third kappa shape index (κ3) is 2.27. The summed E-state index contributed by atoms with van der Waals surface area (Å²) in [5.74, 6) is -0.0553. The van der Waals surface area contributed by atoms with E-state index < -0.39 is 0 Å². The molecule has 1 fully saturated rings. The number of carbonyl (C=O) groups excluding carboxylic acids is 2. The van der Waals surface area contributed by atoms with Crippen molar-refractivity contribution < 1.29 is 9.59 Å². The van der Waals surface area contributed by atoms with Gasteiger partial charge in [0.25, 0.3) is 5.91 Å². The van der Waals surface area contributed by atoms with Crippen LogP contribution >= 0.6 is 11.3 Å². The fourth-order valence-corrected chi connectivity index (χ4v) is 3.28. The van der Waals surface area contributed by atoms with Gasteiger partial charge in [0.2, 0.25) is 5.91 Å². The summed E-state index contributed by atoms with van der Waals surface area (Å²) in [4.78, 5) is 28.1. The van der Waals surface area contributed by atoms with Crippen LogP contribution in [0.3, 0.4) is 0 Å². The van der Waals surface area contributed by atoms with Crippen LogP contribution in [0.4, 0.5) is 0 Å². The van der Waals surface area contributed by atoms with Crippen molar-refractivity contribution in [2.75, 3.05) is 13.1 Å². The van der Waals surface area contributed by atoms with Crippen molar-refractivity contribution in [3.05, 3.63) is 21.4 Å². The Bertz CT molecular complexity index is 481. The van der Waals surface area contributed by atoms with Crippen LogP contribution in [0.2, 0.25) is 0 Å². The Balaban J connectivity index is 2.27. The Labute approximate surface area is 111 Å². The monoisotopic (exact) mass is 266 g/mol. The van der Waals surface area contributed by atoms with Crippen molar-refractivity contribution in [2.45, 2.75) is 33.2 Å². The molecule has 1 N–H and O–H groups in total. The van der Waals surface area contributed by atoms with Crippen LogP contribution in [0.15, 0.2) is 6.07 Å². The Morgan fingerprint density at radius 2 is 2.28 bits per heavy atom. The summed E-state index contributed by atoms with van der Waals surface area (Å²) in [6.45, 7) is 7.02. The minimum atomic E-state index is -0.328. The normalized spacial score (nSPS) is 19.8. The molecule has 2 rings (SSSR count). The van der Waals surface area contributed by atoms with Gasteiger partial charge in [-0.25, -0.2) is 0 Å². The molecular weight excluding hydrogens is 248 g/mol. The highest BCUT2D eigenvalue weighted by molar-refractivity contribution is 7.12. The second kappa shape index (κ2) is 5.10. The zero-order chi connectivity index (χ0) is 13.3. The van der Waals surface area contributed by atoms with Crippen molar-refractivity contribution in [1.29, 1.82) is 0 Å². The Kier molecular flexibility index (Phi) is 3.71. The minimum Gasteiger partial charge on any atom is -0.353 e.